The third-order valence-corrected chi connectivity index (χ3v) is 2.68. The molecule has 2 atom stereocenters. The van der Waals surface area contributed by atoms with Crippen molar-refractivity contribution in [2.75, 3.05) is 0 Å². The first kappa shape index (κ1) is 22.6. The number of aliphatic hydroxyl groups is 2. The fraction of sp³-hybridized carbons (Fsp3) is 0.111. The van der Waals surface area contributed by atoms with Crippen LogP contribution in [0.5, 0.6) is 0 Å². The molecule has 8 heteroatoms. The van der Waals surface area contributed by atoms with Crippen molar-refractivity contribution in [1.82, 2.24) is 0 Å². The molecule has 0 saturated heterocycles. The Balaban J connectivity index is 0.000000363. The molecule has 0 aliphatic carbocycles. The molecule has 26 heavy (non-hydrogen) atoms. The average Bonchev–Trinajstić information content (AvgIpc) is 2.68. The standard InChI is InChI=1S/2C7H6O.C4H6O6/c2*8-6-7-4-2-1-3-5-7;5-1(3(7)8)2(6)4(9)10/h2*1-6H;1-2,5-6H,(H,7,8)(H,9,10). The molecule has 0 bridgehead atoms. The van der Waals surface area contributed by atoms with Gasteiger partial charge in [0.15, 0.2) is 12.2 Å². The Kier molecular flexibility index (Phi) is 11.3. The monoisotopic (exact) mass is 362 g/mol. The number of benzene rings is 2. The highest BCUT2D eigenvalue weighted by Gasteiger charge is 2.29. The Morgan fingerprint density at radius 1 is 0.654 bits per heavy atom. The summed E-state index contributed by atoms with van der Waals surface area (Å²) < 4.78 is 0. The largest absolute Gasteiger partial charge is 0.479 e. The third kappa shape index (κ3) is 9.71. The number of hydrogen-bond donors (Lipinski definition) is 4. The summed E-state index contributed by atoms with van der Waals surface area (Å²) >= 11 is 0. The van der Waals surface area contributed by atoms with Crippen LogP contribution in [-0.4, -0.2) is 57.1 Å². The van der Waals surface area contributed by atoms with Crippen LogP contribution in [0.1, 0.15) is 20.7 Å². The lowest BCUT2D eigenvalue weighted by Crippen LogP contribution is -2.39. The van der Waals surface area contributed by atoms with E-state index in [9.17, 15) is 19.2 Å². The summed E-state index contributed by atoms with van der Waals surface area (Å²) in [7, 11) is 0. The van der Waals surface area contributed by atoms with Crippen LogP contribution >= 0.6 is 0 Å². The number of carbonyl (C=O) groups is 4. The first-order chi connectivity index (χ1) is 12.3. The van der Waals surface area contributed by atoms with Gasteiger partial charge in [-0.2, -0.15) is 0 Å². The highest BCUT2D eigenvalue weighted by Crippen LogP contribution is 1.93. The van der Waals surface area contributed by atoms with Crippen LogP contribution in [0.15, 0.2) is 60.7 Å². The van der Waals surface area contributed by atoms with Crippen molar-refractivity contribution in [3.63, 3.8) is 0 Å². The van der Waals surface area contributed by atoms with E-state index in [0.29, 0.717) is 0 Å². The predicted octanol–water partition coefficient (Wildman–Crippen LogP) is 0.876. The summed E-state index contributed by atoms with van der Waals surface area (Å²) in [6.45, 7) is 0. The minimum atomic E-state index is -2.27. The van der Waals surface area contributed by atoms with Gasteiger partial charge in [-0.25, -0.2) is 9.59 Å². The zero-order valence-corrected chi connectivity index (χ0v) is 13.5. The van der Waals surface area contributed by atoms with Crippen LogP contribution in [0.2, 0.25) is 0 Å². The number of rotatable bonds is 5. The molecule has 8 nitrogen and oxygen atoms in total. The van der Waals surface area contributed by atoms with Gasteiger partial charge in [-0.05, 0) is 0 Å². The first-order valence-corrected chi connectivity index (χ1v) is 7.15. The van der Waals surface area contributed by atoms with E-state index >= 15 is 0 Å². The van der Waals surface area contributed by atoms with Crippen LogP contribution in [0, 0.1) is 0 Å². The second-order valence-electron chi connectivity index (χ2n) is 4.62. The molecule has 0 aliphatic heterocycles. The summed E-state index contributed by atoms with van der Waals surface area (Å²) in [6.07, 6.45) is -2.87. The molecular weight excluding hydrogens is 344 g/mol. The van der Waals surface area contributed by atoms with Crippen molar-refractivity contribution in [2.45, 2.75) is 12.2 Å². The van der Waals surface area contributed by atoms with Gasteiger partial charge < -0.3 is 20.4 Å². The lowest BCUT2D eigenvalue weighted by atomic mass is 10.2. The second kappa shape index (κ2) is 13.0. The summed E-state index contributed by atoms with van der Waals surface area (Å²) in [6, 6.07) is 18.2. The maximum Gasteiger partial charge on any atom is 0.335 e. The summed E-state index contributed by atoms with van der Waals surface area (Å²) in [5, 5.41) is 32.5. The van der Waals surface area contributed by atoms with Crippen LogP contribution in [-0.2, 0) is 9.59 Å². The summed E-state index contributed by atoms with van der Waals surface area (Å²) in [4.78, 5) is 39.6. The Labute approximate surface area is 149 Å². The minimum Gasteiger partial charge on any atom is -0.479 e. The molecule has 0 saturated carbocycles. The summed E-state index contributed by atoms with van der Waals surface area (Å²) in [5.41, 5.74) is 1.46. The smallest absolute Gasteiger partial charge is 0.335 e. The molecule has 2 unspecified atom stereocenters. The van der Waals surface area contributed by atoms with Gasteiger partial charge in [0.1, 0.15) is 12.6 Å². The fourth-order valence-corrected chi connectivity index (χ4v) is 1.33. The fourth-order valence-electron chi connectivity index (χ4n) is 1.33. The molecule has 0 spiro atoms. The Bertz CT molecular complexity index is 623. The minimum absolute atomic E-state index is 0.729. The van der Waals surface area contributed by atoms with E-state index in [1.54, 1.807) is 24.3 Å². The van der Waals surface area contributed by atoms with Gasteiger partial charge in [0.2, 0.25) is 0 Å². The van der Waals surface area contributed by atoms with Crippen molar-refractivity contribution in [3.8, 4) is 0 Å². The normalized spacial score (nSPS) is 11.3. The van der Waals surface area contributed by atoms with E-state index in [-0.39, 0.29) is 0 Å². The molecule has 2 aromatic rings. The zero-order valence-electron chi connectivity index (χ0n) is 13.5. The van der Waals surface area contributed by atoms with Crippen molar-refractivity contribution >= 4 is 24.5 Å². The Morgan fingerprint density at radius 3 is 1.08 bits per heavy atom. The van der Waals surface area contributed by atoms with Crippen LogP contribution in [0.3, 0.4) is 0 Å². The predicted molar refractivity (Wildman–Crippen MR) is 90.9 cm³/mol. The molecule has 0 aliphatic rings. The number of aldehydes is 2. The topological polar surface area (TPSA) is 149 Å². The number of carbonyl (C=O) groups excluding carboxylic acids is 2. The van der Waals surface area contributed by atoms with Crippen molar-refractivity contribution in [2.24, 2.45) is 0 Å². The van der Waals surface area contributed by atoms with Crippen LogP contribution < -0.4 is 0 Å². The molecule has 138 valence electrons. The number of carboxylic acid groups (broad SMARTS) is 2. The van der Waals surface area contributed by atoms with E-state index in [1.807, 2.05) is 36.4 Å². The highest BCUT2D eigenvalue weighted by molar-refractivity contribution is 5.83. The molecule has 2 rings (SSSR count). The summed E-state index contributed by atoms with van der Waals surface area (Å²) in [5.74, 6) is -3.54. The van der Waals surface area contributed by atoms with E-state index in [0.717, 1.165) is 23.7 Å². The van der Waals surface area contributed by atoms with E-state index < -0.39 is 24.1 Å². The number of aliphatic hydroxyl groups excluding tert-OH is 2. The van der Waals surface area contributed by atoms with Gasteiger partial charge in [-0.15, -0.1) is 0 Å². The first-order valence-electron chi connectivity index (χ1n) is 7.15. The van der Waals surface area contributed by atoms with Gasteiger partial charge in [-0.1, -0.05) is 60.7 Å². The van der Waals surface area contributed by atoms with Gasteiger partial charge >= 0.3 is 11.9 Å². The Hall–Kier alpha value is -3.36. The van der Waals surface area contributed by atoms with E-state index in [2.05, 4.69) is 0 Å². The third-order valence-electron chi connectivity index (χ3n) is 2.68. The maximum absolute atomic E-state index is 10.0. The van der Waals surface area contributed by atoms with Gasteiger partial charge in [0, 0.05) is 11.1 Å². The van der Waals surface area contributed by atoms with E-state index in [4.69, 9.17) is 20.4 Å². The quantitative estimate of drug-likeness (QED) is 0.573. The zero-order chi connectivity index (χ0) is 19.9. The molecule has 4 N–H and O–H groups in total. The van der Waals surface area contributed by atoms with Crippen LogP contribution in [0.25, 0.3) is 0 Å². The molecular formula is C18H18O8. The lowest BCUT2D eigenvalue weighted by molar-refractivity contribution is -0.165. The molecule has 0 aromatic heterocycles. The molecule has 0 heterocycles. The van der Waals surface area contributed by atoms with Gasteiger partial charge in [0.05, 0.1) is 0 Å². The Morgan fingerprint density at radius 2 is 0.923 bits per heavy atom. The van der Waals surface area contributed by atoms with Crippen LogP contribution in [0.4, 0.5) is 0 Å². The molecule has 0 fully saturated rings. The molecule has 0 radical (unpaired) electrons. The molecule has 2 aromatic carbocycles. The molecule has 0 amide bonds. The van der Waals surface area contributed by atoms with Gasteiger partial charge in [0.25, 0.3) is 0 Å². The highest BCUT2D eigenvalue weighted by atomic mass is 16.4. The second-order valence-corrected chi connectivity index (χ2v) is 4.62. The van der Waals surface area contributed by atoms with Crippen molar-refractivity contribution < 1.29 is 39.6 Å². The lowest BCUT2D eigenvalue weighted by Gasteiger charge is -2.07. The van der Waals surface area contributed by atoms with Gasteiger partial charge in [-0.3, -0.25) is 9.59 Å². The SMILES string of the molecule is O=C(O)C(O)C(O)C(=O)O.O=Cc1ccccc1.O=Cc1ccccc1. The number of carboxylic acids is 2. The number of hydrogen-bond acceptors (Lipinski definition) is 6. The maximum atomic E-state index is 10.0. The van der Waals surface area contributed by atoms with Crippen molar-refractivity contribution in [1.29, 1.82) is 0 Å². The van der Waals surface area contributed by atoms with Crippen molar-refractivity contribution in [3.05, 3.63) is 71.8 Å². The number of aliphatic carboxylic acids is 2. The average molecular weight is 362 g/mol. The van der Waals surface area contributed by atoms with E-state index in [1.165, 1.54) is 0 Å².